The number of ketones is 2. The molecule has 18 aliphatic rings. The number of esters is 6. The molecule has 16 saturated carbocycles. The molecule has 0 amide bonds. The first-order chi connectivity index (χ1) is 67.8. The molecule has 0 aromatic heterocycles. The number of ether oxygens (including phenoxy) is 7. The lowest BCUT2D eigenvalue weighted by atomic mass is 9.50. The van der Waals surface area contributed by atoms with Gasteiger partial charge < -0.3 is 64.7 Å². The van der Waals surface area contributed by atoms with E-state index in [-0.39, 0.29) is 101 Å². The Labute approximate surface area is 836 Å². The van der Waals surface area contributed by atoms with Gasteiger partial charge in [0.2, 0.25) is 0 Å². The van der Waals surface area contributed by atoms with Crippen LogP contribution in [-0.4, -0.2) is 136 Å². The summed E-state index contributed by atoms with van der Waals surface area (Å²) in [4.78, 5) is 95.4. The summed E-state index contributed by atoms with van der Waals surface area (Å²) in [6.45, 7) is 0.859. The van der Waals surface area contributed by atoms with Gasteiger partial charge in [-0.1, -0.05) is 78.9 Å². The van der Waals surface area contributed by atoms with Crippen LogP contribution in [0, 0.1) is 105 Å². The molecule has 0 heterocycles. The van der Waals surface area contributed by atoms with Crippen molar-refractivity contribution in [3.63, 3.8) is 0 Å². The maximum absolute atomic E-state index is 14.1. The van der Waals surface area contributed by atoms with E-state index in [1.807, 2.05) is 30.3 Å². The molecular formula is C89H96F16O33S6-6. The van der Waals surface area contributed by atoms with Gasteiger partial charge >= 0.3 is 74.6 Å². The Balaban J connectivity index is 0.000000155. The first-order valence-electron chi connectivity index (χ1n) is 45.2. The van der Waals surface area contributed by atoms with Gasteiger partial charge in [0.05, 0.1) is 92.0 Å². The fourth-order valence-electron chi connectivity index (χ4n) is 24.9. The largest absolute Gasteiger partial charge is 0.691 e. The fraction of sp³-hybridized carbons (Fsp3) is 0.663. The van der Waals surface area contributed by atoms with Crippen molar-refractivity contribution in [3.8, 4) is 22.6 Å². The molecule has 21 rings (SSSR count). The highest BCUT2D eigenvalue weighted by Crippen LogP contribution is 2.65. The number of hydrogen-bond donors (Lipinski definition) is 0. The number of carbonyl (C=O) groups excluding carboxylic acids is 8. The van der Waals surface area contributed by atoms with Crippen LogP contribution in [0.1, 0.15) is 189 Å². The lowest BCUT2D eigenvalue weighted by Crippen LogP contribution is -2.61. The van der Waals surface area contributed by atoms with Crippen LogP contribution >= 0.6 is 72.3 Å². The van der Waals surface area contributed by atoms with Gasteiger partial charge in [-0.25, -0.2) is 41.9 Å². The number of carbonyl (C=O) groups is 8. The van der Waals surface area contributed by atoms with Gasteiger partial charge in [0, 0.05) is 27.2 Å². The molecule has 144 heavy (non-hydrogen) atoms. The Morgan fingerprint density at radius 1 is 0.333 bits per heavy atom. The minimum atomic E-state index is -6.12. The van der Waals surface area contributed by atoms with Crippen LogP contribution in [0.4, 0.5) is 70.2 Å². The maximum atomic E-state index is 14.1. The Morgan fingerprint density at radius 3 is 1.01 bits per heavy atom. The number of benzene rings is 3. The smallest absolute Gasteiger partial charge is 0.446 e. The van der Waals surface area contributed by atoms with Crippen molar-refractivity contribution in [2.75, 3.05) is 39.6 Å². The van der Waals surface area contributed by atoms with Gasteiger partial charge in [-0.05, 0) is 268 Å². The van der Waals surface area contributed by atoms with E-state index < -0.39 is 163 Å². The van der Waals surface area contributed by atoms with Gasteiger partial charge in [-0.2, -0.15) is 83.1 Å². The number of fused-ring (bicyclic) bond motifs is 2. The summed E-state index contributed by atoms with van der Waals surface area (Å²) in [7, 11) is 0. The third kappa shape index (κ3) is 28.6. The van der Waals surface area contributed by atoms with Crippen molar-refractivity contribution in [2.24, 2.45) is 105 Å². The summed E-state index contributed by atoms with van der Waals surface area (Å²) in [5.41, 5.74) is 1.25. The van der Waals surface area contributed by atoms with Crippen molar-refractivity contribution in [2.45, 2.75) is 217 Å². The molecule has 55 heteroatoms. The number of Topliss-reactive ketones (excluding diaryl/α,β-unsaturated/α-hetero) is 2. The van der Waals surface area contributed by atoms with E-state index in [1.165, 1.54) is 68.9 Å². The van der Waals surface area contributed by atoms with E-state index in [9.17, 15) is 140 Å². The van der Waals surface area contributed by atoms with E-state index >= 15 is 0 Å². The van der Waals surface area contributed by atoms with Crippen molar-refractivity contribution < 1.29 is 230 Å². The second kappa shape index (κ2) is 48.8. The number of allylic oxidation sites excluding steroid dienone is 4. The van der Waals surface area contributed by atoms with Crippen molar-refractivity contribution >= 4 is 120 Å². The number of alkyl halides is 16. The molecule has 16 fully saturated rings. The Morgan fingerprint density at radius 2 is 0.653 bits per heavy atom. The summed E-state index contributed by atoms with van der Waals surface area (Å²) in [6.07, 6.45) is 13.8. The van der Waals surface area contributed by atoms with E-state index in [0.717, 1.165) is 157 Å². The lowest BCUT2D eigenvalue weighted by molar-refractivity contribution is -0.777. The van der Waals surface area contributed by atoms with Crippen LogP contribution in [0.15, 0.2) is 97.1 Å². The molecule has 0 N–H and O–H groups in total. The molecule has 0 saturated heterocycles. The third-order valence-corrected chi connectivity index (χ3v) is 32.7. The average molecular weight is 2190 g/mol. The minimum Gasteiger partial charge on any atom is -0.691 e. The Bertz CT molecular complexity index is 4700. The molecule has 33 nitrogen and oxygen atoms in total. The second-order valence-corrected chi connectivity index (χ2v) is 45.0. The Hall–Kier alpha value is -6.64. The molecule has 3 aromatic rings. The third-order valence-electron chi connectivity index (χ3n) is 28.8. The van der Waals surface area contributed by atoms with Crippen LogP contribution in [0.2, 0.25) is 0 Å². The molecular weight excluding hydrogens is 2090 g/mol. The average Bonchev–Trinajstić information content (AvgIpc) is 0.730. The molecule has 3 aromatic carbocycles. The van der Waals surface area contributed by atoms with Crippen molar-refractivity contribution in [3.05, 3.63) is 108 Å². The number of hydrogen-bond acceptors (Lipinski definition) is 39. The zero-order valence-electron chi connectivity index (χ0n) is 76.0. The lowest BCUT2D eigenvalue weighted by Gasteiger charge is -2.56. The molecule has 0 radical (unpaired) electrons. The quantitative estimate of drug-likeness (QED) is 0.00751. The zero-order chi connectivity index (χ0) is 105. The van der Waals surface area contributed by atoms with Gasteiger partial charge in [0.25, 0.3) is 10.0 Å². The molecule has 804 valence electrons. The zero-order valence-corrected chi connectivity index (χ0v) is 80.9. The maximum Gasteiger partial charge on any atom is 0.446 e. The number of halogens is 16. The van der Waals surface area contributed by atoms with Crippen LogP contribution < -0.4 is 41.0 Å². The molecule has 18 aliphatic carbocycles. The highest BCUT2D eigenvalue weighted by atomic mass is 32.2. The first kappa shape index (κ1) is 116. The predicted molar refractivity (Wildman–Crippen MR) is 453 cm³/mol. The summed E-state index contributed by atoms with van der Waals surface area (Å²) in [5, 5.41) is 57.4. The van der Waals surface area contributed by atoms with E-state index in [1.54, 1.807) is 36.4 Å². The van der Waals surface area contributed by atoms with Crippen LogP contribution in [-0.2, 0) is 109 Å². The summed E-state index contributed by atoms with van der Waals surface area (Å²) in [5.74, 6) is -5.10. The monoisotopic (exact) mass is 2190 g/mol. The van der Waals surface area contributed by atoms with E-state index in [4.69, 9.17) is 18.9 Å². The van der Waals surface area contributed by atoms with Gasteiger partial charge in [-0.15, -0.1) is 0 Å². The summed E-state index contributed by atoms with van der Waals surface area (Å²) in [6, 6.07) is 19.9. The molecule has 5 atom stereocenters. The molecule has 5 unspecified atom stereocenters. The Kier molecular flexibility index (Phi) is 39.3. The normalized spacial score (nSPS) is 29.9. The molecule has 16 bridgehead atoms. The van der Waals surface area contributed by atoms with Crippen molar-refractivity contribution in [1.29, 1.82) is 0 Å². The van der Waals surface area contributed by atoms with Crippen LogP contribution in [0.3, 0.4) is 0 Å². The molecule has 0 spiro atoms. The van der Waals surface area contributed by atoms with Gasteiger partial charge in [0.1, 0.15) is 48.8 Å². The predicted octanol–water partition coefficient (Wildman–Crippen LogP) is 15.5. The highest BCUT2D eigenvalue weighted by Gasteiger charge is 2.79. The summed E-state index contributed by atoms with van der Waals surface area (Å²) < 4.78 is 263. The fourth-order valence-corrected chi connectivity index (χ4v) is 26.7. The van der Waals surface area contributed by atoms with E-state index in [0.29, 0.717) is 54.8 Å². The van der Waals surface area contributed by atoms with Gasteiger partial charge in [-0.3, -0.25) is 39.8 Å². The van der Waals surface area contributed by atoms with Gasteiger partial charge in [0.15, 0.2) is 11.6 Å². The second-order valence-electron chi connectivity index (χ2n) is 39.4. The number of rotatable bonds is 38. The summed E-state index contributed by atoms with van der Waals surface area (Å²) >= 11 is -3.98. The van der Waals surface area contributed by atoms with Crippen LogP contribution in [0.25, 0.3) is 11.1 Å². The van der Waals surface area contributed by atoms with Crippen LogP contribution in [0.5, 0.6) is 11.5 Å². The SMILES string of the molecule is CC(F)(SOO[O-])C(=O)OCC12CC3CC(CC(C3)C1)C2.CC(F)(SOO[O-])C(=O)OCC12CC3CC(CC(C3)C1)C2.O=C(OCC12CC3CC(CC(C3)C1)C2)C(F)(SOO[O-])C(F)(F)F.O=C(OCC12CC3CC(CC(C3)C1)C2)C(SOO[O-])(C(F)(F)F)C(F)(F)F.O=C(Oc1ccc(-c2ccccc2)cc1)C(F)(F)SOO[O-].O=C1c2cccc(OCCOC(=O)C(F)(F)SOO[O-])c2C(=O)C2C=CC=CC12. The minimum absolute atomic E-state index is 0.0279. The van der Waals surface area contributed by atoms with E-state index in [2.05, 4.69) is 70.4 Å². The standard InChI is InChI=1S/C18H14F2O8S.C15H18F6O5S.C14H18F4O5S.C14H10F2O5S.2C14H21FO5S/c19-18(20,29-28-27-24)17(23)26-9-8-25-13-7-3-6-12-14(13)16(22)11-5-2-1-4-10(11)15(12)21;16-14(17,18)13(15(19,20)21,27-26-25-23)11(22)24-7-12-4-8-1-9(5-12)3-10(2-8)6-12;15-13(14(16,17)18,24-23-22-20)11(19)21-7-12-4-8-1-9(5-12)3-10(2-8)6-12;15-14(16,22-21-20-18)13(17)19-12-8-6-11(7-9-12)10-4-2-1-3-5-10;2*1-13(15,21-20-19-17)12(16)18-8-14-5-9-2-10(6-14)4-11(3-9)7-14/h1-7,10-11,24H,8-9H2;8-10,23H,1-7H2;8-10,20H,1-7H2;1-9,18H;2*9-11,17H,2-8H2,1H3/p-6. The topological polar surface area (TPSA) is 450 Å². The molecule has 0 aliphatic heterocycles. The van der Waals surface area contributed by atoms with Crippen molar-refractivity contribution in [1.82, 2.24) is 0 Å². The highest BCUT2D eigenvalue weighted by molar-refractivity contribution is 7.97. The first-order valence-corrected chi connectivity index (χ1v) is 49.6.